The first-order valence-electron chi connectivity index (χ1n) is 8.89. The average Bonchev–Trinajstić information content (AvgIpc) is 2.94. The van der Waals surface area contributed by atoms with E-state index in [1.54, 1.807) is 29.4 Å². The number of hydrogen-bond donors (Lipinski definition) is 1. The fraction of sp³-hybridized carbons (Fsp3) is 0.263. The normalized spacial score (nSPS) is 16.5. The first-order valence-corrected chi connectivity index (χ1v) is 8.89. The molecule has 4 heterocycles. The Morgan fingerprint density at radius 2 is 1.89 bits per heavy atom. The Hall–Kier alpha value is -3.62. The summed E-state index contributed by atoms with van der Waals surface area (Å²) >= 11 is 0. The second-order valence-electron chi connectivity index (χ2n) is 6.61. The van der Waals surface area contributed by atoms with Gasteiger partial charge >= 0.3 is 0 Å². The van der Waals surface area contributed by atoms with Crippen LogP contribution in [0.2, 0.25) is 0 Å². The number of carbonyl (C=O) groups is 3. The number of hydrogen-bond acceptors (Lipinski definition) is 7. The molecule has 0 spiro atoms. The van der Waals surface area contributed by atoms with Gasteiger partial charge < -0.3 is 10.2 Å². The Morgan fingerprint density at radius 3 is 2.61 bits per heavy atom. The van der Waals surface area contributed by atoms with Gasteiger partial charge in [0.15, 0.2) is 5.82 Å². The number of aromatic nitrogens is 3. The van der Waals surface area contributed by atoms with Gasteiger partial charge in [-0.3, -0.25) is 24.3 Å². The molecule has 0 saturated heterocycles. The molecule has 0 unspecified atom stereocenters. The average molecular weight is 378 g/mol. The van der Waals surface area contributed by atoms with Crippen LogP contribution in [-0.4, -0.2) is 62.8 Å². The van der Waals surface area contributed by atoms with Crippen molar-refractivity contribution in [3.63, 3.8) is 0 Å². The molecule has 9 heteroatoms. The van der Waals surface area contributed by atoms with Gasteiger partial charge in [-0.25, -0.2) is 0 Å². The van der Waals surface area contributed by atoms with Gasteiger partial charge in [0.1, 0.15) is 5.70 Å². The van der Waals surface area contributed by atoms with E-state index in [-0.39, 0.29) is 24.3 Å². The summed E-state index contributed by atoms with van der Waals surface area (Å²) in [5.41, 5.74) is 2.38. The van der Waals surface area contributed by atoms with Gasteiger partial charge in [0, 0.05) is 37.1 Å². The summed E-state index contributed by atoms with van der Waals surface area (Å²) in [6, 6.07) is 7.06. The Labute approximate surface area is 161 Å². The van der Waals surface area contributed by atoms with Crippen molar-refractivity contribution in [1.29, 1.82) is 0 Å². The summed E-state index contributed by atoms with van der Waals surface area (Å²) in [5, 5.41) is 10.8. The van der Waals surface area contributed by atoms with Crippen molar-refractivity contribution < 1.29 is 14.4 Å². The molecule has 0 radical (unpaired) electrons. The van der Waals surface area contributed by atoms with Crippen LogP contribution in [0.1, 0.15) is 12.8 Å². The largest absolute Gasteiger partial charge is 0.357 e. The number of anilines is 1. The van der Waals surface area contributed by atoms with Crippen LogP contribution in [0.3, 0.4) is 0 Å². The number of imide groups is 1. The van der Waals surface area contributed by atoms with Gasteiger partial charge in [0.2, 0.25) is 5.91 Å². The molecule has 0 aromatic carbocycles. The van der Waals surface area contributed by atoms with E-state index in [0.717, 1.165) is 16.9 Å². The minimum atomic E-state index is -0.353. The van der Waals surface area contributed by atoms with Crippen LogP contribution in [0.5, 0.6) is 0 Å². The molecule has 9 nitrogen and oxygen atoms in total. The number of nitrogens with one attached hydrogen (secondary N) is 1. The third-order valence-electron chi connectivity index (χ3n) is 4.77. The molecule has 3 amide bonds. The SMILES string of the molecule is CN1C(=O)C2=C(C1=O)N(CC(=O)Nc1ccc(-c3ccncc3)nn1)CCC2. The Bertz CT molecular complexity index is 971. The van der Waals surface area contributed by atoms with Crippen LogP contribution < -0.4 is 5.32 Å². The Balaban J connectivity index is 1.43. The van der Waals surface area contributed by atoms with E-state index in [4.69, 9.17) is 0 Å². The first kappa shape index (κ1) is 17.8. The minimum Gasteiger partial charge on any atom is -0.357 e. The van der Waals surface area contributed by atoms with E-state index in [2.05, 4.69) is 20.5 Å². The summed E-state index contributed by atoms with van der Waals surface area (Å²) in [7, 11) is 1.46. The lowest BCUT2D eigenvalue weighted by Gasteiger charge is -2.28. The molecule has 2 aromatic heterocycles. The smallest absolute Gasteiger partial charge is 0.277 e. The fourth-order valence-electron chi connectivity index (χ4n) is 3.38. The summed E-state index contributed by atoms with van der Waals surface area (Å²) in [6.07, 6.45) is 4.62. The van der Waals surface area contributed by atoms with Gasteiger partial charge in [-0.15, -0.1) is 10.2 Å². The summed E-state index contributed by atoms with van der Waals surface area (Å²) in [5.74, 6) is -0.633. The molecule has 4 rings (SSSR count). The summed E-state index contributed by atoms with van der Waals surface area (Å²) < 4.78 is 0. The zero-order valence-corrected chi connectivity index (χ0v) is 15.3. The van der Waals surface area contributed by atoms with Gasteiger partial charge in [-0.05, 0) is 37.1 Å². The molecule has 0 atom stereocenters. The molecule has 0 saturated carbocycles. The molecule has 2 aliphatic rings. The second-order valence-corrected chi connectivity index (χ2v) is 6.61. The minimum absolute atomic E-state index is 0.0283. The topological polar surface area (TPSA) is 108 Å². The van der Waals surface area contributed by atoms with Gasteiger partial charge in [0.05, 0.1) is 12.2 Å². The lowest BCUT2D eigenvalue weighted by molar-refractivity contribution is -0.136. The summed E-state index contributed by atoms with van der Waals surface area (Å²) in [6.45, 7) is 0.519. The quantitative estimate of drug-likeness (QED) is 0.785. The first-order chi connectivity index (χ1) is 13.5. The van der Waals surface area contributed by atoms with Gasteiger partial charge in [-0.1, -0.05) is 0 Å². The maximum atomic E-state index is 12.4. The van der Waals surface area contributed by atoms with Crippen LogP contribution in [0.4, 0.5) is 5.82 Å². The predicted octanol–water partition coefficient (Wildman–Crippen LogP) is 0.826. The van der Waals surface area contributed by atoms with Crippen molar-refractivity contribution in [3.8, 4) is 11.3 Å². The zero-order valence-electron chi connectivity index (χ0n) is 15.3. The Kier molecular flexibility index (Phi) is 4.56. The lowest BCUT2D eigenvalue weighted by Crippen LogP contribution is -2.38. The van der Waals surface area contributed by atoms with Crippen molar-refractivity contribution >= 4 is 23.5 Å². The molecule has 142 valence electrons. The highest BCUT2D eigenvalue weighted by Gasteiger charge is 2.40. The zero-order chi connectivity index (χ0) is 19.7. The number of pyridine rings is 1. The third kappa shape index (κ3) is 3.22. The van der Waals surface area contributed by atoms with E-state index >= 15 is 0 Å². The second kappa shape index (κ2) is 7.18. The van der Waals surface area contributed by atoms with Crippen molar-refractivity contribution in [3.05, 3.63) is 47.9 Å². The van der Waals surface area contributed by atoms with Crippen molar-refractivity contribution in [2.45, 2.75) is 12.8 Å². The van der Waals surface area contributed by atoms with E-state index < -0.39 is 0 Å². The molecular formula is C19H18N6O3. The standard InChI is InChI=1S/C19H18N6O3/c1-24-18(27)13-3-2-10-25(17(13)19(24)28)11-16(26)21-15-5-4-14(22-23-15)12-6-8-20-9-7-12/h4-9H,2-3,10-11H2,1H3,(H,21,23,26). The van der Waals surface area contributed by atoms with E-state index in [1.165, 1.54) is 7.05 Å². The van der Waals surface area contributed by atoms with Crippen molar-refractivity contribution in [2.24, 2.45) is 0 Å². The highest BCUT2D eigenvalue weighted by atomic mass is 16.2. The molecule has 28 heavy (non-hydrogen) atoms. The van der Waals surface area contributed by atoms with Crippen molar-refractivity contribution in [1.82, 2.24) is 25.0 Å². The van der Waals surface area contributed by atoms with Crippen molar-refractivity contribution in [2.75, 3.05) is 25.5 Å². The van der Waals surface area contributed by atoms with Crippen LogP contribution in [-0.2, 0) is 14.4 Å². The van der Waals surface area contributed by atoms with Crippen LogP contribution in [0.25, 0.3) is 11.3 Å². The molecule has 0 bridgehead atoms. The molecule has 2 aliphatic heterocycles. The number of carbonyl (C=O) groups excluding carboxylic acids is 3. The molecule has 0 aliphatic carbocycles. The molecule has 0 fully saturated rings. The highest BCUT2D eigenvalue weighted by molar-refractivity contribution is 6.19. The number of nitrogens with zero attached hydrogens (tertiary/aromatic N) is 5. The monoisotopic (exact) mass is 378 g/mol. The Morgan fingerprint density at radius 1 is 1.11 bits per heavy atom. The highest BCUT2D eigenvalue weighted by Crippen LogP contribution is 2.30. The molecular weight excluding hydrogens is 360 g/mol. The predicted molar refractivity (Wildman–Crippen MR) is 99.5 cm³/mol. The van der Waals surface area contributed by atoms with E-state index in [1.807, 2.05) is 12.1 Å². The van der Waals surface area contributed by atoms with Crippen LogP contribution in [0.15, 0.2) is 47.9 Å². The van der Waals surface area contributed by atoms with Gasteiger partial charge in [0.25, 0.3) is 11.8 Å². The molecule has 1 N–H and O–H groups in total. The van der Waals surface area contributed by atoms with Crippen LogP contribution in [0, 0.1) is 0 Å². The van der Waals surface area contributed by atoms with Gasteiger partial charge in [-0.2, -0.15) is 0 Å². The lowest BCUT2D eigenvalue weighted by atomic mass is 10.0. The number of amides is 3. The third-order valence-corrected chi connectivity index (χ3v) is 4.77. The van der Waals surface area contributed by atoms with Crippen LogP contribution >= 0.6 is 0 Å². The number of likely N-dealkylation sites (N-methyl/N-ethyl adjacent to an activating group) is 1. The van der Waals surface area contributed by atoms with E-state index in [0.29, 0.717) is 35.7 Å². The fourth-order valence-corrected chi connectivity index (χ4v) is 3.38. The van der Waals surface area contributed by atoms with E-state index in [9.17, 15) is 14.4 Å². The molecule has 2 aromatic rings. The number of rotatable bonds is 4. The maximum Gasteiger partial charge on any atom is 0.277 e. The maximum absolute atomic E-state index is 12.4. The summed E-state index contributed by atoms with van der Waals surface area (Å²) in [4.78, 5) is 43.6.